The molecule has 1 rings (SSSR count). The maximum atomic E-state index is 14.1. The van der Waals surface area contributed by atoms with Crippen LogP contribution < -0.4 is 0 Å². The van der Waals surface area contributed by atoms with E-state index >= 15 is 0 Å². The Hall–Kier alpha value is -2.48. The lowest BCUT2D eigenvalue weighted by molar-refractivity contribution is -0.171. The minimum Gasteiger partial charge on any atom is -0.478 e. The lowest BCUT2D eigenvalue weighted by atomic mass is 9.98. The summed E-state index contributed by atoms with van der Waals surface area (Å²) in [6.45, 7) is -0.400. The third-order valence-corrected chi connectivity index (χ3v) is 5.14. The third-order valence-electron chi connectivity index (χ3n) is 5.14. The van der Waals surface area contributed by atoms with Crippen molar-refractivity contribution >= 4 is 17.9 Å². The van der Waals surface area contributed by atoms with Crippen LogP contribution in [0.2, 0.25) is 0 Å². The fourth-order valence-corrected chi connectivity index (χ4v) is 3.18. The molecule has 0 heterocycles. The molecule has 2 N–H and O–H groups in total. The van der Waals surface area contributed by atoms with E-state index in [-0.39, 0.29) is 6.42 Å². The summed E-state index contributed by atoms with van der Waals surface area (Å²) in [4.78, 5) is 33.6. The zero-order valence-electron chi connectivity index (χ0n) is 18.1. The molecule has 0 saturated heterocycles. The number of alkyl halides is 1. The van der Waals surface area contributed by atoms with Crippen LogP contribution in [0, 0.1) is 0 Å². The summed E-state index contributed by atoms with van der Waals surface area (Å²) < 4.78 is 23.9. The lowest BCUT2D eigenvalue weighted by Gasteiger charge is -2.21. The van der Waals surface area contributed by atoms with Gasteiger partial charge in [0.05, 0.1) is 6.10 Å². The van der Waals surface area contributed by atoms with E-state index in [1.165, 1.54) is 25.5 Å². The van der Waals surface area contributed by atoms with Crippen LogP contribution in [0.4, 0.5) is 4.39 Å². The van der Waals surface area contributed by atoms with E-state index < -0.39 is 42.7 Å². The lowest BCUT2D eigenvalue weighted by Crippen LogP contribution is -2.46. The highest BCUT2D eigenvalue weighted by molar-refractivity contribution is 6.01. The molecule has 31 heavy (non-hydrogen) atoms. The van der Waals surface area contributed by atoms with Gasteiger partial charge < -0.3 is 19.7 Å². The molecule has 0 radical (unpaired) electrons. The number of rotatable bonds is 17. The predicted molar refractivity (Wildman–Crippen MR) is 113 cm³/mol. The smallest absolute Gasteiger partial charge is 0.353 e. The molecule has 0 amide bonds. The molecule has 174 valence electrons. The van der Waals surface area contributed by atoms with Gasteiger partial charge in [0.1, 0.15) is 6.61 Å². The van der Waals surface area contributed by atoms with E-state index in [0.717, 1.165) is 32.1 Å². The predicted octanol–water partition coefficient (Wildman–Crippen LogP) is 4.18. The van der Waals surface area contributed by atoms with E-state index in [0.29, 0.717) is 6.42 Å². The number of carbonyl (C=O) groups excluding carboxylic acids is 1. The molecule has 0 spiro atoms. The molecule has 0 fully saturated rings. The number of benzene rings is 1. The van der Waals surface area contributed by atoms with Crippen molar-refractivity contribution in [2.45, 2.75) is 76.0 Å². The van der Waals surface area contributed by atoms with Crippen molar-refractivity contribution in [3.05, 3.63) is 35.9 Å². The van der Waals surface area contributed by atoms with Gasteiger partial charge in [-0.1, -0.05) is 62.4 Å². The Balaban J connectivity index is 2.10. The van der Waals surface area contributed by atoms with E-state index in [9.17, 15) is 18.8 Å². The summed E-state index contributed by atoms with van der Waals surface area (Å²) in [6, 6.07) is 10.4. The molecule has 0 unspecified atom stereocenters. The maximum absolute atomic E-state index is 14.1. The van der Waals surface area contributed by atoms with Gasteiger partial charge in [0.2, 0.25) is 0 Å². The molecule has 8 heteroatoms. The summed E-state index contributed by atoms with van der Waals surface area (Å²) in [5.41, 5.74) is -2.13. The van der Waals surface area contributed by atoms with Crippen molar-refractivity contribution in [1.82, 2.24) is 0 Å². The number of ether oxygens (including phenoxy) is 2. The Bertz CT molecular complexity index is 664. The number of hydrogen-bond acceptors (Lipinski definition) is 5. The highest BCUT2D eigenvalue weighted by Crippen LogP contribution is 2.21. The van der Waals surface area contributed by atoms with Crippen LogP contribution in [-0.4, -0.2) is 53.6 Å². The molecule has 0 aliphatic heterocycles. The summed E-state index contributed by atoms with van der Waals surface area (Å²) in [7, 11) is 1.17. The number of aliphatic carboxylic acids is 2. The van der Waals surface area contributed by atoms with Crippen molar-refractivity contribution in [3.8, 4) is 0 Å². The Labute approximate surface area is 182 Å². The van der Waals surface area contributed by atoms with Gasteiger partial charge >= 0.3 is 23.6 Å². The molecule has 0 saturated carbocycles. The number of esters is 1. The van der Waals surface area contributed by atoms with Gasteiger partial charge in [-0.15, -0.1) is 0 Å². The van der Waals surface area contributed by atoms with E-state index in [2.05, 4.69) is 24.3 Å². The van der Waals surface area contributed by atoms with Crippen LogP contribution in [0.15, 0.2) is 30.3 Å². The number of methoxy groups -OCH3 is 1. The first-order chi connectivity index (χ1) is 14.8. The minimum absolute atomic E-state index is 0.197. The van der Waals surface area contributed by atoms with Gasteiger partial charge in [-0.3, -0.25) is 4.79 Å². The molecule has 1 aromatic rings. The van der Waals surface area contributed by atoms with Crippen LogP contribution in [0.25, 0.3) is 0 Å². The van der Waals surface area contributed by atoms with Gasteiger partial charge in [0.25, 0.3) is 0 Å². The topological polar surface area (TPSA) is 110 Å². The largest absolute Gasteiger partial charge is 0.478 e. The Morgan fingerprint density at radius 1 is 0.935 bits per heavy atom. The summed E-state index contributed by atoms with van der Waals surface area (Å²) in [6.07, 6.45) is 6.37. The molecule has 7 nitrogen and oxygen atoms in total. The number of aryl methyl sites for hydroxylation is 1. The van der Waals surface area contributed by atoms with Gasteiger partial charge in [0.15, 0.2) is 0 Å². The molecule has 1 aromatic carbocycles. The molecular formula is C23H33FO7. The first-order valence-electron chi connectivity index (χ1n) is 10.7. The summed E-state index contributed by atoms with van der Waals surface area (Å²) >= 11 is 0. The fourth-order valence-electron chi connectivity index (χ4n) is 3.18. The number of carboxylic acid groups (broad SMARTS) is 2. The normalized spacial score (nSPS) is 12.3. The molecule has 1 atom stereocenters. The van der Waals surface area contributed by atoms with Crippen LogP contribution in [0.1, 0.15) is 63.4 Å². The molecule has 0 aliphatic rings. The second kappa shape index (κ2) is 14.5. The molecule has 0 aromatic heterocycles. The zero-order chi connectivity index (χ0) is 23.1. The second-order valence-corrected chi connectivity index (χ2v) is 7.62. The average molecular weight is 441 g/mol. The van der Waals surface area contributed by atoms with E-state index in [1.807, 2.05) is 6.07 Å². The Morgan fingerprint density at radius 2 is 1.48 bits per heavy atom. The maximum Gasteiger partial charge on any atom is 0.353 e. The van der Waals surface area contributed by atoms with Crippen molar-refractivity contribution in [1.29, 1.82) is 0 Å². The number of halogens is 1. The number of hydrogen-bond donors (Lipinski definition) is 2. The second-order valence-electron chi connectivity index (χ2n) is 7.62. The summed E-state index contributed by atoms with van der Waals surface area (Å²) in [5.74, 6) is -4.73. The van der Waals surface area contributed by atoms with Crippen molar-refractivity contribution in [2.75, 3.05) is 13.7 Å². The van der Waals surface area contributed by atoms with Crippen molar-refractivity contribution in [2.24, 2.45) is 0 Å². The fraction of sp³-hybridized carbons (Fsp3) is 0.609. The van der Waals surface area contributed by atoms with Crippen molar-refractivity contribution in [3.63, 3.8) is 0 Å². The Kier molecular flexibility index (Phi) is 12.4. The Morgan fingerprint density at radius 3 is 2.03 bits per heavy atom. The van der Waals surface area contributed by atoms with Crippen LogP contribution >= 0.6 is 0 Å². The highest BCUT2D eigenvalue weighted by Gasteiger charge is 2.49. The highest BCUT2D eigenvalue weighted by atomic mass is 19.1. The number of carboxylic acids is 2. The quantitative estimate of drug-likeness (QED) is 0.212. The SMILES string of the molecule is CO[C@H](COC(=O)CCCCCCCCCc1ccccc1)CC(F)(C(=O)O)C(=O)O. The van der Waals surface area contributed by atoms with Gasteiger partial charge in [-0.25, -0.2) is 14.0 Å². The van der Waals surface area contributed by atoms with Crippen LogP contribution in [0.5, 0.6) is 0 Å². The number of carbonyl (C=O) groups is 3. The van der Waals surface area contributed by atoms with Gasteiger partial charge in [-0.05, 0) is 24.8 Å². The van der Waals surface area contributed by atoms with Crippen LogP contribution in [-0.2, 0) is 30.3 Å². The number of unbranched alkanes of at least 4 members (excludes halogenated alkanes) is 6. The van der Waals surface area contributed by atoms with Crippen molar-refractivity contribution < 1.29 is 38.5 Å². The monoisotopic (exact) mass is 440 g/mol. The van der Waals surface area contributed by atoms with Crippen LogP contribution in [0.3, 0.4) is 0 Å². The van der Waals surface area contributed by atoms with E-state index in [4.69, 9.17) is 19.7 Å². The minimum atomic E-state index is -3.49. The molecule has 0 bridgehead atoms. The third kappa shape index (κ3) is 10.4. The molecule has 0 aliphatic carbocycles. The standard InChI is InChI=1S/C23H33FO7/c1-30-19(16-23(24,21(26)27)22(28)29)17-31-20(25)15-11-6-4-2-3-5-8-12-18-13-9-7-10-14-18/h7,9-10,13-14,19H,2-6,8,11-12,15-17H2,1H3,(H,26,27)(H,28,29)/t19-/m0/s1. The first kappa shape index (κ1) is 26.6. The first-order valence-corrected chi connectivity index (χ1v) is 10.7. The zero-order valence-corrected chi connectivity index (χ0v) is 18.1. The average Bonchev–Trinajstić information content (AvgIpc) is 2.75. The van der Waals surface area contributed by atoms with Gasteiger partial charge in [0, 0.05) is 20.0 Å². The molecular weight excluding hydrogens is 407 g/mol. The van der Waals surface area contributed by atoms with E-state index in [1.54, 1.807) is 0 Å². The summed E-state index contributed by atoms with van der Waals surface area (Å²) in [5, 5.41) is 17.6. The van der Waals surface area contributed by atoms with Gasteiger partial charge in [-0.2, -0.15) is 0 Å².